The molecule has 1 fully saturated rings. The standard InChI is InChI=1S/C8H8O8/c1-2-5(9)13-4-14-8(11)16-6-3-12-7(10)15-6/h2,6H,1,3-4H2. The fourth-order valence-electron chi connectivity index (χ4n) is 0.705. The summed E-state index contributed by atoms with van der Waals surface area (Å²) < 4.78 is 21.8. The van der Waals surface area contributed by atoms with E-state index < -0.39 is 31.4 Å². The topological polar surface area (TPSA) is 97.4 Å². The van der Waals surface area contributed by atoms with Gasteiger partial charge in [-0.15, -0.1) is 0 Å². The molecule has 1 aliphatic heterocycles. The summed E-state index contributed by atoms with van der Waals surface area (Å²) >= 11 is 0. The van der Waals surface area contributed by atoms with Gasteiger partial charge in [0.15, 0.2) is 6.61 Å². The van der Waals surface area contributed by atoms with E-state index in [-0.39, 0.29) is 6.61 Å². The van der Waals surface area contributed by atoms with Gasteiger partial charge in [0.05, 0.1) is 0 Å². The van der Waals surface area contributed by atoms with Crippen LogP contribution in [0.4, 0.5) is 9.59 Å². The Morgan fingerprint density at radius 1 is 1.50 bits per heavy atom. The van der Waals surface area contributed by atoms with E-state index in [1.807, 2.05) is 0 Å². The van der Waals surface area contributed by atoms with Gasteiger partial charge < -0.3 is 23.7 Å². The van der Waals surface area contributed by atoms with E-state index >= 15 is 0 Å². The van der Waals surface area contributed by atoms with Gasteiger partial charge in [-0.05, 0) is 0 Å². The van der Waals surface area contributed by atoms with Crippen molar-refractivity contribution in [1.82, 2.24) is 0 Å². The Hall–Kier alpha value is -2.25. The molecule has 1 atom stereocenters. The van der Waals surface area contributed by atoms with Crippen molar-refractivity contribution in [3.8, 4) is 0 Å². The Morgan fingerprint density at radius 3 is 2.81 bits per heavy atom. The molecule has 0 saturated carbocycles. The van der Waals surface area contributed by atoms with E-state index in [1.165, 1.54) is 0 Å². The average molecular weight is 232 g/mol. The maximum Gasteiger partial charge on any atom is 0.514 e. The van der Waals surface area contributed by atoms with Crippen molar-refractivity contribution in [3.63, 3.8) is 0 Å². The normalized spacial score (nSPS) is 18.0. The highest BCUT2D eigenvalue weighted by atomic mass is 16.9. The molecular weight excluding hydrogens is 224 g/mol. The number of hydrogen-bond donors (Lipinski definition) is 0. The van der Waals surface area contributed by atoms with Gasteiger partial charge in [-0.3, -0.25) is 0 Å². The average Bonchev–Trinajstić information content (AvgIpc) is 2.63. The predicted molar refractivity (Wildman–Crippen MR) is 44.9 cm³/mol. The lowest BCUT2D eigenvalue weighted by molar-refractivity contribution is -0.149. The summed E-state index contributed by atoms with van der Waals surface area (Å²) in [5.74, 6) is -0.747. The molecule has 1 heterocycles. The zero-order valence-corrected chi connectivity index (χ0v) is 8.04. The van der Waals surface area contributed by atoms with E-state index in [0.717, 1.165) is 6.08 Å². The number of rotatable bonds is 4. The van der Waals surface area contributed by atoms with Crippen LogP contribution in [-0.2, 0) is 28.5 Å². The Morgan fingerprint density at radius 2 is 2.25 bits per heavy atom. The van der Waals surface area contributed by atoms with Crippen molar-refractivity contribution in [3.05, 3.63) is 12.7 Å². The molecule has 0 aromatic carbocycles. The summed E-state index contributed by atoms with van der Waals surface area (Å²) in [6.07, 6.45) is -2.33. The number of hydrogen-bond acceptors (Lipinski definition) is 8. The summed E-state index contributed by atoms with van der Waals surface area (Å²) in [7, 11) is 0. The maximum absolute atomic E-state index is 10.9. The van der Waals surface area contributed by atoms with Crippen molar-refractivity contribution in [2.24, 2.45) is 0 Å². The third-order valence-electron chi connectivity index (χ3n) is 1.34. The summed E-state index contributed by atoms with van der Waals surface area (Å²) in [5.41, 5.74) is 0. The maximum atomic E-state index is 10.9. The van der Waals surface area contributed by atoms with Gasteiger partial charge >= 0.3 is 18.3 Å². The van der Waals surface area contributed by atoms with Gasteiger partial charge in [-0.25, -0.2) is 14.4 Å². The van der Waals surface area contributed by atoms with Crippen LogP contribution in [0, 0.1) is 0 Å². The number of carbonyl (C=O) groups excluding carboxylic acids is 3. The van der Waals surface area contributed by atoms with Crippen LogP contribution in [0.15, 0.2) is 12.7 Å². The second-order valence-corrected chi connectivity index (χ2v) is 2.41. The SMILES string of the molecule is C=CC(=O)OCOC(=O)OC1COC(=O)O1. The molecule has 8 nitrogen and oxygen atoms in total. The second-order valence-electron chi connectivity index (χ2n) is 2.41. The first-order chi connectivity index (χ1) is 7.61. The Balaban J connectivity index is 2.13. The molecule has 1 saturated heterocycles. The first-order valence-electron chi connectivity index (χ1n) is 4.08. The number of ether oxygens (including phenoxy) is 5. The monoisotopic (exact) mass is 232 g/mol. The van der Waals surface area contributed by atoms with Gasteiger partial charge in [0.25, 0.3) is 6.29 Å². The highest BCUT2D eigenvalue weighted by Crippen LogP contribution is 2.08. The smallest absolute Gasteiger partial charge is 0.426 e. The molecular formula is C8H8O8. The van der Waals surface area contributed by atoms with Crippen LogP contribution in [0.2, 0.25) is 0 Å². The van der Waals surface area contributed by atoms with Gasteiger partial charge in [0.1, 0.15) is 0 Å². The van der Waals surface area contributed by atoms with Crippen LogP contribution in [0.25, 0.3) is 0 Å². The van der Waals surface area contributed by atoms with E-state index in [1.54, 1.807) is 0 Å². The summed E-state index contributed by atoms with van der Waals surface area (Å²) in [6, 6.07) is 0. The van der Waals surface area contributed by atoms with Crippen LogP contribution in [0.5, 0.6) is 0 Å². The zero-order chi connectivity index (χ0) is 12.0. The van der Waals surface area contributed by atoms with E-state index in [0.29, 0.717) is 0 Å². The molecule has 88 valence electrons. The molecule has 0 aromatic rings. The van der Waals surface area contributed by atoms with Gasteiger partial charge in [0.2, 0.25) is 6.79 Å². The lowest BCUT2D eigenvalue weighted by Gasteiger charge is -2.08. The molecule has 0 radical (unpaired) electrons. The predicted octanol–water partition coefficient (Wildman–Crippen LogP) is 0.319. The lowest BCUT2D eigenvalue weighted by Crippen LogP contribution is -2.22. The van der Waals surface area contributed by atoms with Crippen molar-refractivity contribution in [1.29, 1.82) is 0 Å². The molecule has 0 aliphatic carbocycles. The minimum absolute atomic E-state index is 0.208. The second kappa shape index (κ2) is 5.59. The summed E-state index contributed by atoms with van der Waals surface area (Å²) in [5, 5.41) is 0. The van der Waals surface area contributed by atoms with Crippen LogP contribution >= 0.6 is 0 Å². The molecule has 16 heavy (non-hydrogen) atoms. The van der Waals surface area contributed by atoms with Crippen LogP contribution in [0.1, 0.15) is 0 Å². The minimum Gasteiger partial charge on any atom is -0.426 e. The fourth-order valence-corrected chi connectivity index (χ4v) is 0.705. The van der Waals surface area contributed by atoms with Crippen LogP contribution in [-0.4, -0.2) is 38.0 Å². The first kappa shape index (κ1) is 11.8. The molecule has 0 spiro atoms. The van der Waals surface area contributed by atoms with Crippen molar-refractivity contribution in [2.45, 2.75) is 6.29 Å². The van der Waals surface area contributed by atoms with Gasteiger partial charge in [-0.2, -0.15) is 0 Å². The third-order valence-corrected chi connectivity index (χ3v) is 1.34. The Labute approximate surface area is 89.7 Å². The van der Waals surface area contributed by atoms with Crippen LogP contribution in [0.3, 0.4) is 0 Å². The quantitative estimate of drug-likeness (QED) is 0.296. The zero-order valence-electron chi connectivity index (χ0n) is 8.04. The molecule has 1 rings (SSSR count). The van der Waals surface area contributed by atoms with Gasteiger partial charge in [-0.1, -0.05) is 6.58 Å². The molecule has 8 heteroatoms. The van der Waals surface area contributed by atoms with Crippen molar-refractivity contribution in [2.75, 3.05) is 13.4 Å². The number of cyclic esters (lactones) is 2. The Kier molecular flexibility index (Phi) is 4.13. The van der Waals surface area contributed by atoms with Gasteiger partial charge in [0, 0.05) is 6.08 Å². The number of esters is 1. The van der Waals surface area contributed by atoms with E-state index in [4.69, 9.17) is 0 Å². The van der Waals surface area contributed by atoms with Crippen LogP contribution < -0.4 is 0 Å². The third kappa shape index (κ3) is 3.86. The molecule has 1 unspecified atom stereocenters. The first-order valence-corrected chi connectivity index (χ1v) is 4.08. The molecule has 1 aliphatic rings. The summed E-state index contributed by atoms with van der Waals surface area (Å²) in [6.45, 7) is 2.30. The summed E-state index contributed by atoms with van der Waals surface area (Å²) in [4.78, 5) is 31.8. The lowest BCUT2D eigenvalue weighted by atomic mass is 10.7. The van der Waals surface area contributed by atoms with Crippen molar-refractivity contribution < 1.29 is 38.1 Å². The molecule has 0 bridgehead atoms. The fraction of sp³-hybridized carbons (Fsp3) is 0.375. The minimum atomic E-state index is -1.15. The largest absolute Gasteiger partial charge is 0.514 e. The molecule has 0 aromatic heterocycles. The van der Waals surface area contributed by atoms with E-state index in [2.05, 4.69) is 30.3 Å². The van der Waals surface area contributed by atoms with Crippen molar-refractivity contribution >= 4 is 18.3 Å². The Bertz CT molecular complexity index is 309. The molecule has 0 amide bonds. The number of carbonyl (C=O) groups is 3. The highest BCUT2D eigenvalue weighted by Gasteiger charge is 2.29. The molecule has 0 N–H and O–H groups in total. The van der Waals surface area contributed by atoms with E-state index in [9.17, 15) is 14.4 Å². The highest BCUT2D eigenvalue weighted by molar-refractivity contribution is 5.81.